The number of para-hydroxylation sites is 1. The van der Waals surface area contributed by atoms with E-state index in [1.165, 1.54) is 0 Å². The van der Waals surface area contributed by atoms with Gasteiger partial charge in [0, 0.05) is 21.3 Å². The van der Waals surface area contributed by atoms with Crippen LogP contribution < -0.4 is 10.3 Å². The van der Waals surface area contributed by atoms with Gasteiger partial charge in [-0.2, -0.15) is 0 Å². The molecule has 1 aromatic heterocycles. The maximum atomic E-state index is 12.9. The van der Waals surface area contributed by atoms with Gasteiger partial charge in [-0.15, -0.1) is 0 Å². The normalized spacial score (nSPS) is 13.6. The predicted molar refractivity (Wildman–Crippen MR) is 105 cm³/mol. The van der Waals surface area contributed by atoms with E-state index in [4.69, 9.17) is 11.6 Å². The molecular formula is C21H11ClN2O3. The van der Waals surface area contributed by atoms with Gasteiger partial charge in [-0.1, -0.05) is 29.8 Å². The number of halogens is 1. The van der Waals surface area contributed by atoms with E-state index in [0.717, 1.165) is 4.90 Å². The molecule has 1 N–H and O–H groups in total. The topological polar surface area (TPSA) is 70.2 Å². The number of rotatable bonds is 1. The number of anilines is 1. The number of hydrogen-bond donors (Lipinski definition) is 1. The van der Waals surface area contributed by atoms with Gasteiger partial charge in [0.2, 0.25) is 0 Å². The Morgan fingerprint density at radius 3 is 2.19 bits per heavy atom. The number of hydrogen-bond acceptors (Lipinski definition) is 3. The number of benzene rings is 3. The second-order valence-corrected chi connectivity index (χ2v) is 6.77. The van der Waals surface area contributed by atoms with Crippen LogP contribution in [0.1, 0.15) is 20.7 Å². The molecule has 0 saturated carbocycles. The van der Waals surface area contributed by atoms with Crippen molar-refractivity contribution in [3.63, 3.8) is 0 Å². The summed E-state index contributed by atoms with van der Waals surface area (Å²) < 4.78 is 0. The minimum absolute atomic E-state index is 0.209. The lowest BCUT2D eigenvalue weighted by Crippen LogP contribution is -2.30. The summed E-state index contributed by atoms with van der Waals surface area (Å²) in [6.45, 7) is 0. The highest BCUT2D eigenvalue weighted by atomic mass is 35.5. The SMILES string of the molecule is O=C1c2ccccc2C(=O)N1c1cccc2c(=O)c3cc(Cl)ccc3[nH]c12. The van der Waals surface area contributed by atoms with Gasteiger partial charge >= 0.3 is 0 Å². The van der Waals surface area contributed by atoms with E-state index >= 15 is 0 Å². The van der Waals surface area contributed by atoms with Crippen LogP contribution >= 0.6 is 11.6 Å². The van der Waals surface area contributed by atoms with E-state index in [2.05, 4.69) is 4.98 Å². The van der Waals surface area contributed by atoms with Gasteiger partial charge in [0.25, 0.3) is 11.8 Å². The highest BCUT2D eigenvalue weighted by Crippen LogP contribution is 2.32. The lowest BCUT2D eigenvalue weighted by molar-refractivity contribution is 0.0926. The van der Waals surface area contributed by atoms with E-state index in [-0.39, 0.29) is 5.43 Å². The first kappa shape index (κ1) is 15.8. The molecule has 0 fully saturated rings. The number of nitrogens with one attached hydrogen (secondary N) is 1. The molecular weight excluding hydrogens is 364 g/mol. The van der Waals surface area contributed by atoms with Gasteiger partial charge in [0.05, 0.1) is 22.3 Å². The average molecular weight is 375 g/mol. The van der Waals surface area contributed by atoms with E-state index in [1.807, 2.05) is 0 Å². The van der Waals surface area contributed by atoms with Crippen molar-refractivity contribution in [3.05, 3.63) is 87.0 Å². The molecule has 4 aromatic rings. The van der Waals surface area contributed by atoms with E-state index in [9.17, 15) is 14.4 Å². The third-order valence-electron chi connectivity index (χ3n) is 4.81. The van der Waals surface area contributed by atoms with Crippen LogP contribution in [0.15, 0.2) is 65.5 Å². The molecule has 5 rings (SSSR count). The lowest BCUT2D eigenvalue weighted by atomic mass is 10.1. The van der Waals surface area contributed by atoms with Gasteiger partial charge in [-0.25, -0.2) is 4.90 Å². The fourth-order valence-corrected chi connectivity index (χ4v) is 3.72. The Labute approximate surface area is 157 Å². The molecule has 1 aliphatic rings. The number of pyridine rings is 1. The van der Waals surface area contributed by atoms with Crippen molar-refractivity contribution in [3.8, 4) is 0 Å². The number of fused-ring (bicyclic) bond motifs is 3. The first-order valence-electron chi connectivity index (χ1n) is 8.28. The number of carbonyl (C=O) groups excluding carboxylic acids is 2. The molecule has 0 unspecified atom stereocenters. The maximum Gasteiger partial charge on any atom is 0.266 e. The van der Waals surface area contributed by atoms with Gasteiger partial charge in [-0.05, 0) is 42.5 Å². The van der Waals surface area contributed by atoms with Crippen molar-refractivity contribution in [2.45, 2.75) is 0 Å². The van der Waals surface area contributed by atoms with Crippen LogP contribution in [-0.4, -0.2) is 16.8 Å². The Balaban J connectivity index is 1.82. The van der Waals surface area contributed by atoms with Gasteiger partial charge in [-0.3, -0.25) is 14.4 Å². The van der Waals surface area contributed by atoms with Gasteiger partial charge in [0.15, 0.2) is 5.43 Å². The number of carbonyl (C=O) groups is 2. The molecule has 0 atom stereocenters. The zero-order chi connectivity index (χ0) is 18.7. The highest BCUT2D eigenvalue weighted by molar-refractivity contribution is 6.36. The number of nitrogens with zero attached hydrogens (tertiary/aromatic N) is 1. The van der Waals surface area contributed by atoms with Crippen molar-refractivity contribution in [2.24, 2.45) is 0 Å². The average Bonchev–Trinajstić information content (AvgIpc) is 2.93. The standard InChI is InChI=1S/C21H11ClN2O3/c22-11-8-9-16-15(10-11)19(25)14-6-3-7-17(18(14)23-16)24-20(26)12-4-1-2-5-13(12)21(24)27/h1-10H,(H,23,25). The zero-order valence-corrected chi connectivity index (χ0v) is 14.6. The lowest BCUT2D eigenvalue weighted by Gasteiger charge is -2.16. The first-order valence-corrected chi connectivity index (χ1v) is 8.66. The first-order chi connectivity index (χ1) is 13.1. The Kier molecular flexibility index (Phi) is 3.23. The van der Waals surface area contributed by atoms with Crippen molar-refractivity contribution in [1.29, 1.82) is 0 Å². The summed E-state index contributed by atoms with van der Waals surface area (Å²) in [7, 11) is 0. The Morgan fingerprint density at radius 2 is 1.48 bits per heavy atom. The van der Waals surface area contributed by atoms with E-state index < -0.39 is 11.8 Å². The zero-order valence-electron chi connectivity index (χ0n) is 13.8. The van der Waals surface area contributed by atoms with Crippen LogP contribution in [0.4, 0.5) is 5.69 Å². The molecule has 2 heterocycles. The number of amides is 2. The molecule has 6 heteroatoms. The molecule has 2 amide bonds. The van der Waals surface area contributed by atoms with Crippen molar-refractivity contribution >= 4 is 50.9 Å². The minimum Gasteiger partial charge on any atom is -0.353 e. The number of imide groups is 1. The fourth-order valence-electron chi connectivity index (χ4n) is 3.55. The quantitative estimate of drug-likeness (QED) is 0.402. The van der Waals surface area contributed by atoms with Crippen LogP contribution in [0.3, 0.4) is 0 Å². The van der Waals surface area contributed by atoms with E-state index in [1.54, 1.807) is 60.7 Å². The summed E-state index contributed by atoms with van der Waals surface area (Å²) in [6, 6.07) is 16.6. The highest BCUT2D eigenvalue weighted by Gasteiger charge is 2.37. The smallest absolute Gasteiger partial charge is 0.266 e. The summed E-state index contributed by atoms with van der Waals surface area (Å²) >= 11 is 6.02. The third-order valence-corrected chi connectivity index (χ3v) is 5.04. The maximum absolute atomic E-state index is 12.9. The molecule has 1 aliphatic heterocycles. The molecule has 0 bridgehead atoms. The fraction of sp³-hybridized carbons (Fsp3) is 0. The Morgan fingerprint density at radius 1 is 0.778 bits per heavy atom. The number of H-pyrrole nitrogens is 1. The second-order valence-electron chi connectivity index (χ2n) is 6.34. The minimum atomic E-state index is -0.403. The Hall–Kier alpha value is -3.44. The van der Waals surface area contributed by atoms with Crippen molar-refractivity contribution in [2.75, 3.05) is 4.90 Å². The van der Waals surface area contributed by atoms with Crippen molar-refractivity contribution < 1.29 is 9.59 Å². The summed E-state index contributed by atoms with van der Waals surface area (Å²) in [5, 5.41) is 1.30. The van der Waals surface area contributed by atoms with Crippen LogP contribution in [0.25, 0.3) is 21.8 Å². The third kappa shape index (κ3) is 2.15. The van der Waals surface area contributed by atoms with Crippen molar-refractivity contribution in [1.82, 2.24) is 4.98 Å². The molecule has 27 heavy (non-hydrogen) atoms. The summed E-state index contributed by atoms with van der Waals surface area (Å²) in [6.07, 6.45) is 0. The molecule has 0 radical (unpaired) electrons. The predicted octanol–water partition coefficient (Wildman–Crippen LogP) is 4.14. The van der Waals surface area contributed by atoms with Gasteiger partial charge in [0.1, 0.15) is 0 Å². The molecule has 5 nitrogen and oxygen atoms in total. The molecule has 0 spiro atoms. The monoisotopic (exact) mass is 374 g/mol. The summed E-state index contributed by atoms with van der Waals surface area (Å²) in [5.74, 6) is -0.805. The van der Waals surface area contributed by atoms with Gasteiger partial charge < -0.3 is 4.98 Å². The number of aromatic nitrogens is 1. The number of aromatic amines is 1. The molecule has 0 aliphatic carbocycles. The molecule has 130 valence electrons. The largest absolute Gasteiger partial charge is 0.353 e. The summed E-state index contributed by atoms with van der Waals surface area (Å²) in [5.41, 5.74) is 1.88. The van der Waals surface area contributed by atoms with Crippen LogP contribution in [0, 0.1) is 0 Å². The molecule has 0 saturated heterocycles. The van der Waals surface area contributed by atoms with Crippen LogP contribution in [0.2, 0.25) is 5.02 Å². The van der Waals surface area contributed by atoms with E-state index in [0.29, 0.717) is 43.6 Å². The van der Waals surface area contributed by atoms with Crippen LogP contribution in [0.5, 0.6) is 0 Å². The molecule has 3 aromatic carbocycles. The van der Waals surface area contributed by atoms with Crippen LogP contribution in [-0.2, 0) is 0 Å². The summed E-state index contributed by atoms with van der Waals surface area (Å²) in [4.78, 5) is 42.9. The Bertz CT molecular complexity index is 1320. The second kappa shape index (κ2) is 5.53.